The molecule has 36 heavy (non-hydrogen) atoms. The Bertz CT molecular complexity index is 658. The molecule has 0 bridgehead atoms. The monoisotopic (exact) mass is 507 g/mol. The van der Waals surface area contributed by atoms with E-state index in [1.165, 1.54) is 24.3 Å². The predicted octanol–water partition coefficient (Wildman–Crippen LogP) is 1.24. The third kappa shape index (κ3) is 17.4. The van der Waals surface area contributed by atoms with Gasteiger partial charge >= 0.3 is 0 Å². The van der Waals surface area contributed by atoms with Gasteiger partial charge in [0.05, 0.1) is 19.8 Å². The zero-order valence-corrected chi connectivity index (χ0v) is 21.2. The van der Waals surface area contributed by atoms with Crippen LogP contribution in [0.4, 0.5) is 0 Å². The zero-order valence-electron chi connectivity index (χ0n) is 21.2. The van der Waals surface area contributed by atoms with Gasteiger partial charge in [0.15, 0.2) is 5.78 Å². The molecule has 10 heteroatoms. The number of allylic oxidation sites excluding steroid dienone is 1. The second-order valence-corrected chi connectivity index (χ2v) is 8.05. The van der Waals surface area contributed by atoms with E-state index in [1.807, 2.05) is 0 Å². The molecular formula is C26H41N3O7. The maximum Gasteiger partial charge on any atom is 0.243 e. The minimum atomic E-state index is -0.760. The van der Waals surface area contributed by atoms with E-state index in [4.69, 9.17) is 14.2 Å². The Balaban J connectivity index is 4.93. The molecule has 0 aliphatic rings. The van der Waals surface area contributed by atoms with E-state index >= 15 is 0 Å². The average molecular weight is 508 g/mol. The van der Waals surface area contributed by atoms with E-state index in [2.05, 4.69) is 42.3 Å². The Labute approximate surface area is 214 Å². The van der Waals surface area contributed by atoms with Gasteiger partial charge in [-0.1, -0.05) is 26.3 Å². The Morgan fingerprint density at radius 1 is 0.583 bits per heavy atom. The molecule has 0 unspecified atom stereocenters. The first-order chi connectivity index (χ1) is 17.3. The molecular weight excluding hydrogens is 466 g/mol. The van der Waals surface area contributed by atoms with Crippen molar-refractivity contribution in [1.82, 2.24) is 16.0 Å². The summed E-state index contributed by atoms with van der Waals surface area (Å²) in [5.74, 6) is -0.926. The molecule has 0 saturated heterocycles. The van der Waals surface area contributed by atoms with Gasteiger partial charge in [-0.15, -0.1) is 0 Å². The molecule has 0 atom stereocenters. The number of ketones is 1. The number of carbonyl (C=O) groups excluding carboxylic acids is 4. The number of hydrogen-bond acceptors (Lipinski definition) is 7. The number of carbonyl (C=O) groups is 4. The molecule has 202 valence electrons. The lowest BCUT2D eigenvalue weighted by Gasteiger charge is -2.32. The van der Waals surface area contributed by atoms with E-state index in [0.29, 0.717) is 58.7 Å². The van der Waals surface area contributed by atoms with Crippen LogP contribution in [0.2, 0.25) is 0 Å². The summed E-state index contributed by atoms with van der Waals surface area (Å²) in [7, 11) is 0. The smallest absolute Gasteiger partial charge is 0.243 e. The van der Waals surface area contributed by atoms with Crippen molar-refractivity contribution in [1.29, 1.82) is 0 Å². The van der Waals surface area contributed by atoms with Gasteiger partial charge in [0.2, 0.25) is 17.7 Å². The van der Waals surface area contributed by atoms with Crippen molar-refractivity contribution in [2.24, 2.45) is 5.41 Å². The van der Waals surface area contributed by atoms with Gasteiger partial charge < -0.3 is 30.2 Å². The molecule has 0 aliphatic heterocycles. The van der Waals surface area contributed by atoms with Gasteiger partial charge in [0.25, 0.3) is 0 Å². The number of nitrogens with one attached hydrogen (secondary N) is 3. The van der Waals surface area contributed by atoms with Crippen LogP contribution in [-0.2, 0) is 33.4 Å². The van der Waals surface area contributed by atoms with Crippen LogP contribution < -0.4 is 16.0 Å². The number of hydrogen-bond donors (Lipinski definition) is 3. The molecule has 0 aromatic carbocycles. The fourth-order valence-electron chi connectivity index (χ4n) is 2.96. The Morgan fingerprint density at radius 2 is 0.917 bits per heavy atom. The largest absolute Gasteiger partial charge is 0.381 e. The Hall–Kier alpha value is -3.08. The van der Waals surface area contributed by atoms with E-state index in [1.54, 1.807) is 0 Å². The summed E-state index contributed by atoms with van der Waals surface area (Å²) in [4.78, 5) is 46.0. The highest BCUT2D eigenvalue weighted by Gasteiger charge is 2.33. The summed E-state index contributed by atoms with van der Waals surface area (Å²) in [6.07, 6.45) is 6.73. The van der Waals surface area contributed by atoms with Crippen LogP contribution in [0.1, 0.15) is 25.7 Å². The first-order valence-corrected chi connectivity index (χ1v) is 11.9. The highest BCUT2D eigenvalue weighted by atomic mass is 16.5. The molecule has 3 amide bonds. The standard InChI is InChI=1S/C26H41N3O7/c1-5-22(30)18-26(19-34-15-9-12-27-23(31)6-2,20-35-16-10-13-28-24(32)7-3)21-36-17-11-14-29-25(33)8-4/h5-8H,1-4,9-21H2,(H,27,31)(H,28,32)(H,29,33). The van der Waals surface area contributed by atoms with Crippen molar-refractivity contribution < 1.29 is 33.4 Å². The summed E-state index contributed by atoms with van der Waals surface area (Å²) >= 11 is 0. The quantitative estimate of drug-likeness (QED) is 0.132. The van der Waals surface area contributed by atoms with Crippen LogP contribution >= 0.6 is 0 Å². The molecule has 0 aliphatic carbocycles. The second kappa shape index (κ2) is 21.2. The van der Waals surface area contributed by atoms with Crippen molar-refractivity contribution in [2.45, 2.75) is 25.7 Å². The lowest BCUT2D eigenvalue weighted by molar-refractivity contribution is -0.125. The van der Waals surface area contributed by atoms with Crippen LogP contribution in [0.3, 0.4) is 0 Å². The van der Waals surface area contributed by atoms with E-state index in [-0.39, 0.29) is 49.7 Å². The summed E-state index contributed by atoms with van der Waals surface area (Å²) < 4.78 is 17.5. The topological polar surface area (TPSA) is 132 Å². The molecule has 0 spiro atoms. The third-order valence-electron chi connectivity index (χ3n) is 4.85. The Kier molecular flexibility index (Phi) is 19.4. The van der Waals surface area contributed by atoms with Crippen LogP contribution in [-0.4, -0.2) is 82.8 Å². The average Bonchev–Trinajstić information content (AvgIpc) is 2.89. The lowest BCUT2D eigenvalue weighted by Crippen LogP contribution is -2.40. The van der Waals surface area contributed by atoms with Crippen molar-refractivity contribution in [3.63, 3.8) is 0 Å². The molecule has 0 rings (SSSR count). The van der Waals surface area contributed by atoms with Crippen LogP contribution in [0.15, 0.2) is 50.6 Å². The van der Waals surface area contributed by atoms with E-state index < -0.39 is 5.41 Å². The first-order valence-electron chi connectivity index (χ1n) is 11.9. The minimum absolute atomic E-state index is 0.115. The summed E-state index contributed by atoms with van der Waals surface area (Å²) in [6.45, 7) is 16.8. The molecule has 0 radical (unpaired) electrons. The maximum absolute atomic E-state index is 12.3. The van der Waals surface area contributed by atoms with Crippen LogP contribution in [0.25, 0.3) is 0 Å². The molecule has 0 saturated carbocycles. The first kappa shape index (κ1) is 32.9. The maximum atomic E-state index is 12.3. The fourth-order valence-corrected chi connectivity index (χ4v) is 2.96. The van der Waals surface area contributed by atoms with Gasteiger partial charge in [-0.25, -0.2) is 0 Å². The minimum Gasteiger partial charge on any atom is -0.381 e. The SMILES string of the molecule is C=CC(=O)CC(COCCCNC(=O)C=C)(COCCCNC(=O)C=C)COCCCNC(=O)C=C. The summed E-state index contributed by atoms with van der Waals surface area (Å²) in [6, 6.07) is 0. The predicted molar refractivity (Wildman–Crippen MR) is 138 cm³/mol. The van der Waals surface area contributed by atoms with Crippen molar-refractivity contribution in [3.8, 4) is 0 Å². The normalized spacial score (nSPS) is 10.7. The van der Waals surface area contributed by atoms with Crippen LogP contribution in [0.5, 0.6) is 0 Å². The molecule has 0 heterocycles. The molecule has 10 nitrogen and oxygen atoms in total. The highest BCUT2D eigenvalue weighted by Crippen LogP contribution is 2.25. The van der Waals surface area contributed by atoms with Gasteiger partial charge in [0.1, 0.15) is 0 Å². The number of rotatable bonds is 24. The van der Waals surface area contributed by atoms with Crippen LogP contribution in [0, 0.1) is 5.41 Å². The molecule has 0 aromatic rings. The number of amides is 3. The molecule has 0 fully saturated rings. The molecule has 3 N–H and O–H groups in total. The van der Waals surface area contributed by atoms with Crippen molar-refractivity contribution in [2.75, 3.05) is 59.3 Å². The van der Waals surface area contributed by atoms with Gasteiger partial charge in [-0.3, -0.25) is 19.2 Å². The summed E-state index contributed by atoms with van der Waals surface area (Å²) in [5, 5.41) is 8.03. The van der Waals surface area contributed by atoms with E-state index in [0.717, 1.165) is 0 Å². The van der Waals surface area contributed by atoms with Gasteiger partial charge in [-0.2, -0.15) is 0 Å². The van der Waals surface area contributed by atoms with Gasteiger partial charge in [0, 0.05) is 51.3 Å². The highest BCUT2D eigenvalue weighted by molar-refractivity contribution is 5.89. The Morgan fingerprint density at radius 3 is 1.19 bits per heavy atom. The fraction of sp³-hybridized carbons (Fsp3) is 0.538. The zero-order chi connectivity index (χ0) is 27.1. The number of ether oxygens (including phenoxy) is 3. The summed E-state index contributed by atoms with van der Waals surface area (Å²) in [5.41, 5.74) is -0.760. The van der Waals surface area contributed by atoms with Crippen molar-refractivity contribution in [3.05, 3.63) is 50.6 Å². The third-order valence-corrected chi connectivity index (χ3v) is 4.85. The van der Waals surface area contributed by atoms with E-state index in [9.17, 15) is 19.2 Å². The second-order valence-electron chi connectivity index (χ2n) is 8.05. The lowest BCUT2D eigenvalue weighted by atomic mass is 9.85. The van der Waals surface area contributed by atoms with Crippen molar-refractivity contribution >= 4 is 23.5 Å². The van der Waals surface area contributed by atoms with Gasteiger partial charge in [-0.05, 0) is 43.6 Å². The molecule has 0 aromatic heterocycles.